The van der Waals surface area contributed by atoms with Gasteiger partial charge in [0.05, 0.1) is 0 Å². The Morgan fingerprint density at radius 3 is 2.00 bits per heavy atom. The molecule has 37 heavy (non-hydrogen) atoms. The third-order valence-corrected chi connectivity index (χ3v) is 8.17. The summed E-state index contributed by atoms with van der Waals surface area (Å²) in [5.41, 5.74) is 7.24. The SMILES string of the molecule is CCSc1ccc(CNC(=O)c2ccc(N(CCN(C)C)c3cc(C4CC4)cc(C4CC4)c3)cc2)cc1. The van der Waals surface area contributed by atoms with E-state index in [0.29, 0.717) is 12.1 Å². The first-order valence-electron chi connectivity index (χ1n) is 13.7. The predicted octanol–water partition coefficient (Wildman–Crippen LogP) is 7.18. The Kier molecular flexibility index (Phi) is 8.21. The first-order chi connectivity index (χ1) is 18.0. The molecule has 1 N–H and O–H groups in total. The van der Waals surface area contributed by atoms with Crippen LogP contribution in [-0.4, -0.2) is 43.7 Å². The average molecular weight is 514 g/mol. The van der Waals surface area contributed by atoms with E-state index in [1.165, 1.54) is 47.4 Å². The van der Waals surface area contributed by atoms with Gasteiger partial charge in [-0.2, -0.15) is 0 Å². The van der Waals surface area contributed by atoms with Crippen molar-refractivity contribution in [2.24, 2.45) is 0 Å². The molecule has 0 aliphatic heterocycles. The van der Waals surface area contributed by atoms with E-state index in [4.69, 9.17) is 0 Å². The van der Waals surface area contributed by atoms with Crippen LogP contribution in [0.4, 0.5) is 11.4 Å². The first-order valence-corrected chi connectivity index (χ1v) is 14.7. The summed E-state index contributed by atoms with van der Waals surface area (Å²) < 4.78 is 0. The number of likely N-dealkylation sites (N-methyl/N-ethyl adjacent to an activating group) is 1. The first kappa shape index (κ1) is 25.9. The minimum absolute atomic E-state index is 0.0369. The fraction of sp³-hybridized carbons (Fsp3) is 0.406. The zero-order valence-electron chi connectivity index (χ0n) is 22.4. The van der Waals surface area contributed by atoms with Crippen LogP contribution in [0.15, 0.2) is 71.6 Å². The monoisotopic (exact) mass is 513 g/mol. The summed E-state index contributed by atoms with van der Waals surface area (Å²) in [6.07, 6.45) is 5.27. The maximum absolute atomic E-state index is 12.9. The van der Waals surface area contributed by atoms with Crippen molar-refractivity contribution in [2.45, 2.75) is 55.9 Å². The molecule has 2 aliphatic rings. The average Bonchev–Trinajstić information content (AvgIpc) is 3.82. The third kappa shape index (κ3) is 6.97. The van der Waals surface area contributed by atoms with Gasteiger partial charge >= 0.3 is 0 Å². The van der Waals surface area contributed by atoms with Crippen LogP contribution in [0, 0.1) is 0 Å². The summed E-state index contributed by atoms with van der Waals surface area (Å²) >= 11 is 1.83. The highest BCUT2D eigenvalue weighted by atomic mass is 32.2. The summed E-state index contributed by atoms with van der Waals surface area (Å²) in [4.78, 5) is 18.8. The lowest BCUT2D eigenvalue weighted by atomic mass is 10.0. The molecule has 2 saturated carbocycles. The van der Waals surface area contributed by atoms with Crippen molar-refractivity contribution >= 4 is 29.0 Å². The summed E-state index contributed by atoms with van der Waals surface area (Å²) in [5.74, 6) is 2.50. The number of nitrogens with zero attached hydrogens (tertiary/aromatic N) is 2. The smallest absolute Gasteiger partial charge is 0.251 e. The van der Waals surface area contributed by atoms with Gasteiger partial charge in [-0.25, -0.2) is 0 Å². The van der Waals surface area contributed by atoms with Gasteiger partial charge in [-0.05, 0) is 123 Å². The molecule has 4 nitrogen and oxygen atoms in total. The number of rotatable bonds is 12. The van der Waals surface area contributed by atoms with Crippen molar-refractivity contribution < 1.29 is 4.79 Å². The van der Waals surface area contributed by atoms with Crippen molar-refractivity contribution in [1.82, 2.24) is 10.2 Å². The van der Waals surface area contributed by atoms with Gasteiger partial charge in [0.2, 0.25) is 0 Å². The number of hydrogen-bond donors (Lipinski definition) is 1. The van der Waals surface area contributed by atoms with Crippen LogP contribution in [0.1, 0.15) is 71.5 Å². The molecule has 3 aromatic rings. The van der Waals surface area contributed by atoms with Crippen LogP contribution in [-0.2, 0) is 6.54 Å². The normalized spacial score (nSPS) is 15.1. The number of carbonyl (C=O) groups excluding carboxylic acids is 1. The molecule has 0 atom stereocenters. The number of thioether (sulfide) groups is 1. The Bertz CT molecular complexity index is 1170. The van der Waals surface area contributed by atoms with Gasteiger partial charge < -0.3 is 15.1 Å². The van der Waals surface area contributed by atoms with Crippen LogP contribution < -0.4 is 10.2 Å². The number of carbonyl (C=O) groups is 1. The summed E-state index contributed by atoms with van der Waals surface area (Å²) in [6, 6.07) is 23.8. The number of benzene rings is 3. The van der Waals surface area contributed by atoms with Crippen LogP contribution in [0.3, 0.4) is 0 Å². The molecule has 3 aromatic carbocycles. The van der Waals surface area contributed by atoms with E-state index in [1.807, 2.05) is 23.9 Å². The molecule has 2 aliphatic carbocycles. The van der Waals surface area contributed by atoms with Crippen molar-refractivity contribution in [2.75, 3.05) is 37.8 Å². The van der Waals surface area contributed by atoms with Crippen LogP contribution in [0.2, 0.25) is 0 Å². The quantitative estimate of drug-likeness (QED) is 0.260. The fourth-order valence-corrected chi connectivity index (χ4v) is 5.44. The second kappa shape index (κ2) is 11.7. The number of nitrogens with one attached hydrogen (secondary N) is 1. The van der Waals surface area contributed by atoms with Gasteiger partial charge in [0.15, 0.2) is 0 Å². The van der Waals surface area contributed by atoms with E-state index < -0.39 is 0 Å². The molecule has 5 rings (SSSR count). The molecule has 0 saturated heterocycles. The van der Waals surface area contributed by atoms with Gasteiger partial charge in [0.25, 0.3) is 5.91 Å². The maximum atomic E-state index is 12.9. The summed E-state index contributed by atoms with van der Waals surface area (Å²) in [6.45, 7) is 4.56. The molecule has 194 valence electrons. The second-order valence-electron chi connectivity index (χ2n) is 10.7. The lowest BCUT2D eigenvalue weighted by Crippen LogP contribution is -2.28. The largest absolute Gasteiger partial charge is 0.348 e. The van der Waals surface area contributed by atoms with E-state index in [9.17, 15) is 4.79 Å². The summed E-state index contributed by atoms with van der Waals surface area (Å²) in [7, 11) is 4.25. The Morgan fingerprint density at radius 2 is 1.46 bits per heavy atom. The molecular formula is C32H39N3OS. The van der Waals surface area contributed by atoms with Gasteiger partial charge in [-0.3, -0.25) is 4.79 Å². The Morgan fingerprint density at radius 1 is 0.838 bits per heavy atom. The third-order valence-electron chi connectivity index (χ3n) is 7.27. The van der Waals surface area contributed by atoms with Gasteiger partial charge in [0, 0.05) is 41.5 Å². The molecule has 5 heteroatoms. The molecule has 0 spiro atoms. The Labute approximate surface area is 226 Å². The van der Waals surface area contributed by atoms with Crippen molar-refractivity contribution in [3.05, 3.63) is 89.0 Å². The molecule has 0 unspecified atom stereocenters. The molecule has 2 fully saturated rings. The lowest BCUT2D eigenvalue weighted by Gasteiger charge is -2.28. The number of anilines is 2. The molecular weight excluding hydrogens is 474 g/mol. The molecule has 0 aromatic heterocycles. The van der Waals surface area contributed by atoms with E-state index in [0.717, 1.165) is 41.9 Å². The van der Waals surface area contributed by atoms with Crippen LogP contribution >= 0.6 is 11.8 Å². The van der Waals surface area contributed by atoms with Crippen molar-refractivity contribution in [3.63, 3.8) is 0 Å². The fourth-order valence-electron chi connectivity index (χ4n) is 4.77. The summed E-state index contributed by atoms with van der Waals surface area (Å²) in [5, 5.41) is 3.07. The molecule has 0 heterocycles. The van der Waals surface area contributed by atoms with Gasteiger partial charge in [-0.15, -0.1) is 11.8 Å². The van der Waals surface area contributed by atoms with Crippen molar-refractivity contribution in [3.8, 4) is 0 Å². The van der Waals surface area contributed by atoms with E-state index in [1.54, 1.807) is 0 Å². The molecule has 0 radical (unpaired) electrons. The lowest BCUT2D eigenvalue weighted by molar-refractivity contribution is 0.0951. The van der Waals surface area contributed by atoms with E-state index in [2.05, 4.69) is 90.7 Å². The van der Waals surface area contributed by atoms with Crippen LogP contribution in [0.5, 0.6) is 0 Å². The highest BCUT2D eigenvalue weighted by Crippen LogP contribution is 2.47. The van der Waals surface area contributed by atoms with Crippen molar-refractivity contribution in [1.29, 1.82) is 0 Å². The second-order valence-corrected chi connectivity index (χ2v) is 12.0. The highest BCUT2D eigenvalue weighted by Gasteiger charge is 2.29. The minimum atomic E-state index is -0.0369. The highest BCUT2D eigenvalue weighted by molar-refractivity contribution is 7.99. The van der Waals surface area contributed by atoms with Gasteiger partial charge in [0.1, 0.15) is 0 Å². The Hall–Kier alpha value is -2.76. The zero-order chi connectivity index (χ0) is 25.8. The molecule has 0 bridgehead atoms. The topological polar surface area (TPSA) is 35.6 Å². The standard InChI is InChI=1S/C32H39N3OS/c1-4-37-31-15-5-23(6-16-31)22-33-32(36)26-11-13-29(14-12-26)35(18-17-34(2)3)30-20-27(24-7-8-24)19-28(21-30)25-9-10-25/h5-6,11-16,19-21,24-25H,4,7-10,17-18,22H2,1-3H3,(H,33,36). The number of amides is 1. The van der Waals surface area contributed by atoms with E-state index >= 15 is 0 Å². The maximum Gasteiger partial charge on any atom is 0.251 e. The van der Waals surface area contributed by atoms with Crippen LogP contribution in [0.25, 0.3) is 0 Å². The minimum Gasteiger partial charge on any atom is -0.348 e. The molecule has 1 amide bonds. The van der Waals surface area contributed by atoms with E-state index in [-0.39, 0.29) is 5.91 Å². The van der Waals surface area contributed by atoms with Gasteiger partial charge in [-0.1, -0.05) is 25.1 Å². The predicted molar refractivity (Wildman–Crippen MR) is 156 cm³/mol. The Balaban J connectivity index is 1.31. The zero-order valence-corrected chi connectivity index (χ0v) is 23.2. The number of hydrogen-bond acceptors (Lipinski definition) is 4.